The summed E-state index contributed by atoms with van der Waals surface area (Å²) >= 11 is 0. The smallest absolute Gasteiger partial charge is 0.241 e. The molecule has 122 valence electrons. The van der Waals surface area contributed by atoms with Crippen LogP contribution in [0.3, 0.4) is 0 Å². The van der Waals surface area contributed by atoms with Crippen LogP contribution < -0.4 is 16.2 Å². The topological polar surface area (TPSA) is 115 Å². The molecule has 0 aliphatic heterocycles. The fraction of sp³-hybridized carbons (Fsp3) is 0.533. The number of sulfonamides is 1. The summed E-state index contributed by atoms with van der Waals surface area (Å²) in [5, 5.41) is 7.74. The second-order valence-corrected chi connectivity index (χ2v) is 7.47. The van der Waals surface area contributed by atoms with Crippen LogP contribution in [0.2, 0.25) is 0 Å². The number of rotatable bonds is 5. The van der Waals surface area contributed by atoms with Gasteiger partial charge in [0.05, 0.1) is 10.9 Å². The molecular weight excluding hydrogens is 302 g/mol. The molecule has 0 saturated heterocycles. The minimum atomic E-state index is -3.72. The van der Waals surface area contributed by atoms with Gasteiger partial charge in [0.2, 0.25) is 15.9 Å². The highest BCUT2D eigenvalue weighted by atomic mass is 32.2. The van der Waals surface area contributed by atoms with Crippen LogP contribution in [0.15, 0.2) is 29.2 Å². The first-order valence-corrected chi connectivity index (χ1v) is 9.10. The Morgan fingerprint density at radius 1 is 1.18 bits per heavy atom. The molecule has 7 heteroatoms. The quantitative estimate of drug-likeness (QED) is 0.762. The van der Waals surface area contributed by atoms with Gasteiger partial charge in [-0.15, -0.1) is 0 Å². The van der Waals surface area contributed by atoms with Crippen LogP contribution >= 0.6 is 0 Å². The van der Waals surface area contributed by atoms with Crippen LogP contribution in [0.1, 0.15) is 38.5 Å². The Balaban J connectivity index is 1.90. The molecule has 1 amide bonds. The van der Waals surface area contributed by atoms with Crippen LogP contribution in [0, 0.1) is 5.92 Å². The van der Waals surface area contributed by atoms with Crippen molar-refractivity contribution in [2.75, 3.05) is 5.32 Å². The van der Waals surface area contributed by atoms with Gasteiger partial charge in [-0.2, -0.15) is 0 Å². The zero-order chi connectivity index (χ0) is 16.2. The average Bonchev–Trinajstić information content (AvgIpc) is 2.48. The number of nitrogens with one attached hydrogen (secondary N) is 1. The number of anilines is 1. The van der Waals surface area contributed by atoms with Crippen molar-refractivity contribution in [3.63, 3.8) is 0 Å². The molecule has 2 rings (SSSR count). The molecule has 0 bridgehead atoms. The Hall–Kier alpha value is -1.44. The lowest BCUT2D eigenvalue weighted by molar-refractivity contribution is -0.117. The second kappa shape index (κ2) is 7.21. The first kappa shape index (κ1) is 16.9. The lowest BCUT2D eigenvalue weighted by Crippen LogP contribution is -2.37. The third kappa shape index (κ3) is 4.79. The molecule has 1 aromatic carbocycles. The number of hydrogen-bond acceptors (Lipinski definition) is 4. The number of carbonyl (C=O) groups excluding carboxylic acids is 1. The summed E-state index contributed by atoms with van der Waals surface area (Å²) in [4.78, 5) is 12.1. The van der Waals surface area contributed by atoms with E-state index in [1.807, 2.05) is 0 Å². The maximum absolute atomic E-state index is 12.1. The van der Waals surface area contributed by atoms with E-state index in [-0.39, 0.29) is 10.8 Å². The molecule has 0 spiro atoms. The molecule has 1 aliphatic rings. The predicted octanol–water partition coefficient (Wildman–Crippen LogP) is 1.57. The maximum atomic E-state index is 12.1. The minimum Gasteiger partial charge on any atom is -0.325 e. The molecular formula is C15H23N3O3S. The first-order valence-electron chi connectivity index (χ1n) is 7.55. The Labute approximate surface area is 131 Å². The van der Waals surface area contributed by atoms with Crippen molar-refractivity contribution in [1.82, 2.24) is 0 Å². The van der Waals surface area contributed by atoms with Crippen LogP contribution in [0.25, 0.3) is 0 Å². The van der Waals surface area contributed by atoms with E-state index in [0.29, 0.717) is 18.0 Å². The Morgan fingerprint density at radius 2 is 1.77 bits per heavy atom. The van der Waals surface area contributed by atoms with Crippen LogP contribution in [0.5, 0.6) is 0 Å². The summed E-state index contributed by atoms with van der Waals surface area (Å²) in [5.74, 6) is 0.285. The normalized spacial score (nSPS) is 17.9. The number of carbonyl (C=O) groups is 1. The summed E-state index contributed by atoms with van der Waals surface area (Å²) in [5.41, 5.74) is 6.48. The highest BCUT2D eigenvalue weighted by Gasteiger charge is 2.21. The molecule has 1 saturated carbocycles. The van der Waals surface area contributed by atoms with Crippen molar-refractivity contribution in [3.8, 4) is 0 Å². The SMILES string of the molecule is NC(CC1CCCCC1)C(=O)Nc1ccc(S(N)(=O)=O)cc1. The summed E-state index contributed by atoms with van der Waals surface area (Å²) in [7, 11) is -3.72. The number of primary sulfonamides is 1. The van der Waals surface area contributed by atoms with Gasteiger partial charge in [0, 0.05) is 5.69 Å². The van der Waals surface area contributed by atoms with Gasteiger partial charge in [0.25, 0.3) is 0 Å². The molecule has 22 heavy (non-hydrogen) atoms. The summed E-state index contributed by atoms with van der Waals surface area (Å²) in [6, 6.07) is 5.19. The molecule has 0 radical (unpaired) electrons. The molecule has 1 aromatic rings. The van der Waals surface area contributed by atoms with E-state index in [9.17, 15) is 13.2 Å². The molecule has 6 nitrogen and oxygen atoms in total. The summed E-state index contributed by atoms with van der Waals surface area (Å²) in [6.45, 7) is 0. The van der Waals surface area contributed by atoms with Gasteiger partial charge in [-0.1, -0.05) is 32.1 Å². The minimum absolute atomic E-state index is 0.0111. The second-order valence-electron chi connectivity index (χ2n) is 5.90. The van der Waals surface area contributed by atoms with E-state index >= 15 is 0 Å². The number of nitrogens with two attached hydrogens (primary N) is 2. The molecule has 5 N–H and O–H groups in total. The fourth-order valence-corrected chi connectivity index (χ4v) is 3.37. The van der Waals surface area contributed by atoms with Crippen molar-refractivity contribution in [2.24, 2.45) is 16.8 Å². The fourth-order valence-electron chi connectivity index (χ4n) is 2.85. The Bertz CT molecular complexity index is 607. The molecule has 1 atom stereocenters. The highest BCUT2D eigenvalue weighted by molar-refractivity contribution is 7.89. The van der Waals surface area contributed by atoms with Crippen molar-refractivity contribution in [3.05, 3.63) is 24.3 Å². The van der Waals surface area contributed by atoms with E-state index in [4.69, 9.17) is 10.9 Å². The molecule has 0 aromatic heterocycles. The molecule has 1 unspecified atom stereocenters. The zero-order valence-corrected chi connectivity index (χ0v) is 13.3. The molecule has 0 heterocycles. The number of amides is 1. The Kier molecular flexibility index (Phi) is 5.55. The third-order valence-corrected chi connectivity index (χ3v) is 5.03. The first-order chi connectivity index (χ1) is 10.4. The lowest BCUT2D eigenvalue weighted by Gasteiger charge is -2.24. The van der Waals surface area contributed by atoms with Gasteiger partial charge >= 0.3 is 0 Å². The predicted molar refractivity (Wildman–Crippen MR) is 85.6 cm³/mol. The van der Waals surface area contributed by atoms with Gasteiger partial charge in [-0.05, 0) is 36.6 Å². The van der Waals surface area contributed by atoms with Gasteiger partial charge in [0.1, 0.15) is 0 Å². The van der Waals surface area contributed by atoms with Crippen molar-refractivity contribution < 1.29 is 13.2 Å². The van der Waals surface area contributed by atoms with Crippen molar-refractivity contribution in [1.29, 1.82) is 0 Å². The van der Waals surface area contributed by atoms with Gasteiger partial charge < -0.3 is 11.1 Å². The van der Waals surface area contributed by atoms with E-state index in [1.54, 1.807) is 0 Å². The van der Waals surface area contributed by atoms with Crippen LogP contribution in [-0.2, 0) is 14.8 Å². The van der Waals surface area contributed by atoms with E-state index in [2.05, 4.69) is 5.32 Å². The van der Waals surface area contributed by atoms with Gasteiger partial charge in [0.15, 0.2) is 0 Å². The summed E-state index contributed by atoms with van der Waals surface area (Å²) < 4.78 is 22.3. The average molecular weight is 325 g/mol. The lowest BCUT2D eigenvalue weighted by atomic mass is 9.85. The van der Waals surface area contributed by atoms with Crippen molar-refractivity contribution >= 4 is 21.6 Å². The maximum Gasteiger partial charge on any atom is 0.241 e. The Morgan fingerprint density at radius 3 is 2.32 bits per heavy atom. The van der Waals surface area contributed by atoms with Crippen LogP contribution in [-0.4, -0.2) is 20.4 Å². The van der Waals surface area contributed by atoms with Crippen molar-refractivity contribution in [2.45, 2.75) is 49.5 Å². The van der Waals surface area contributed by atoms with Gasteiger partial charge in [-0.3, -0.25) is 4.79 Å². The van der Waals surface area contributed by atoms with Crippen LogP contribution in [0.4, 0.5) is 5.69 Å². The molecule has 1 aliphatic carbocycles. The zero-order valence-electron chi connectivity index (χ0n) is 12.5. The molecule has 1 fully saturated rings. The monoisotopic (exact) mass is 325 g/mol. The standard InChI is InChI=1S/C15H23N3O3S/c16-14(10-11-4-2-1-3-5-11)15(19)18-12-6-8-13(9-7-12)22(17,20)21/h6-9,11,14H,1-5,10,16H2,(H,18,19)(H2,17,20,21). The van der Waals surface area contributed by atoms with Gasteiger partial charge in [-0.25, -0.2) is 13.6 Å². The third-order valence-electron chi connectivity index (χ3n) is 4.10. The van der Waals surface area contributed by atoms with E-state index in [1.165, 1.54) is 43.5 Å². The summed E-state index contributed by atoms with van der Waals surface area (Å²) in [6.07, 6.45) is 6.69. The van der Waals surface area contributed by atoms with E-state index in [0.717, 1.165) is 12.8 Å². The number of benzene rings is 1. The largest absolute Gasteiger partial charge is 0.325 e. The number of hydrogen-bond donors (Lipinski definition) is 3. The van der Waals surface area contributed by atoms with E-state index < -0.39 is 16.1 Å². The highest BCUT2D eigenvalue weighted by Crippen LogP contribution is 2.27.